The lowest BCUT2D eigenvalue weighted by molar-refractivity contribution is -0.122. The van der Waals surface area contributed by atoms with Crippen molar-refractivity contribution in [1.29, 1.82) is 0 Å². The van der Waals surface area contributed by atoms with Crippen LogP contribution in [0.2, 0.25) is 0 Å². The van der Waals surface area contributed by atoms with Crippen LogP contribution in [0, 0.1) is 6.92 Å². The van der Waals surface area contributed by atoms with Gasteiger partial charge in [-0.3, -0.25) is 4.79 Å². The van der Waals surface area contributed by atoms with Crippen LogP contribution in [0.25, 0.3) is 0 Å². The van der Waals surface area contributed by atoms with Crippen LogP contribution >= 0.6 is 0 Å². The Bertz CT molecular complexity index is 600. The lowest BCUT2D eigenvalue weighted by Crippen LogP contribution is -2.37. The van der Waals surface area contributed by atoms with Crippen molar-refractivity contribution in [3.63, 3.8) is 0 Å². The maximum atomic E-state index is 12.4. The summed E-state index contributed by atoms with van der Waals surface area (Å²) in [4.78, 5) is 12.0. The van der Waals surface area contributed by atoms with E-state index in [1.54, 1.807) is 12.1 Å². The molecule has 0 aliphatic heterocycles. The molecular weight excluding hydrogens is 262 g/mol. The van der Waals surface area contributed by atoms with E-state index in [1.807, 2.05) is 6.92 Å². The smallest absolute Gasteiger partial charge is 0.267 e. The second-order valence-corrected chi connectivity index (χ2v) is 6.09. The standard InChI is InChI=1S/C14H17NO3S/c1-5-10-15(14(16)11(2)3)19(17,18)13-8-6-12(4)7-9-13/h5-9H,1-2,10H2,3-4H3. The molecule has 0 heterocycles. The molecule has 4 nitrogen and oxygen atoms in total. The van der Waals surface area contributed by atoms with Crippen LogP contribution in [0.3, 0.4) is 0 Å². The summed E-state index contributed by atoms with van der Waals surface area (Å²) in [5, 5.41) is 0. The van der Waals surface area contributed by atoms with Crippen molar-refractivity contribution in [3.8, 4) is 0 Å². The first kappa shape index (κ1) is 15.2. The van der Waals surface area contributed by atoms with Crippen LogP contribution < -0.4 is 0 Å². The molecule has 0 saturated carbocycles. The Hall–Kier alpha value is -1.88. The molecule has 0 saturated heterocycles. The minimum Gasteiger partial charge on any atom is -0.268 e. The zero-order chi connectivity index (χ0) is 14.6. The number of nitrogens with zero attached hydrogens (tertiary/aromatic N) is 1. The molecule has 1 aromatic carbocycles. The van der Waals surface area contributed by atoms with Crippen LogP contribution in [-0.4, -0.2) is 25.2 Å². The Morgan fingerprint density at radius 2 is 1.84 bits per heavy atom. The normalized spacial score (nSPS) is 10.8. The van der Waals surface area contributed by atoms with Crippen molar-refractivity contribution in [1.82, 2.24) is 4.31 Å². The first-order chi connectivity index (χ1) is 8.80. The Balaban J connectivity index is 3.27. The Kier molecular flexibility index (Phi) is 4.67. The van der Waals surface area contributed by atoms with Crippen molar-refractivity contribution in [2.45, 2.75) is 18.7 Å². The Morgan fingerprint density at radius 3 is 2.26 bits per heavy atom. The number of sulfonamides is 1. The maximum absolute atomic E-state index is 12.4. The van der Waals surface area contributed by atoms with Crippen molar-refractivity contribution in [3.05, 3.63) is 54.6 Å². The topological polar surface area (TPSA) is 54.5 Å². The van der Waals surface area contributed by atoms with Gasteiger partial charge in [-0.15, -0.1) is 6.58 Å². The van der Waals surface area contributed by atoms with Crippen molar-refractivity contribution in [2.75, 3.05) is 6.54 Å². The lowest BCUT2D eigenvalue weighted by Gasteiger charge is -2.21. The number of amides is 1. The highest BCUT2D eigenvalue weighted by atomic mass is 32.2. The molecule has 5 heteroatoms. The fraction of sp³-hybridized carbons (Fsp3) is 0.214. The fourth-order valence-corrected chi connectivity index (χ4v) is 2.87. The van der Waals surface area contributed by atoms with Gasteiger partial charge in [0.05, 0.1) is 11.4 Å². The Morgan fingerprint density at radius 1 is 1.32 bits per heavy atom. The number of hydrogen-bond acceptors (Lipinski definition) is 3. The molecule has 0 atom stereocenters. The molecule has 0 fully saturated rings. The summed E-state index contributed by atoms with van der Waals surface area (Å²) in [7, 11) is -3.87. The molecule has 102 valence electrons. The van der Waals surface area contributed by atoms with E-state index < -0.39 is 15.9 Å². The van der Waals surface area contributed by atoms with Crippen molar-refractivity contribution < 1.29 is 13.2 Å². The van der Waals surface area contributed by atoms with E-state index in [1.165, 1.54) is 25.1 Å². The first-order valence-electron chi connectivity index (χ1n) is 5.71. The molecule has 1 rings (SSSR count). The molecule has 0 radical (unpaired) electrons. The highest BCUT2D eigenvalue weighted by Crippen LogP contribution is 2.18. The van der Waals surface area contributed by atoms with E-state index in [4.69, 9.17) is 0 Å². The molecule has 19 heavy (non-hydrogen) atoms. The van der Waals surface area contributed by atoms with Gasteiger partial charge >= 0.3 is 0 Å². The summed E-state index contributed by atoms with van der Waals surface area (Å²) in [6, 6.07) is 6.33. The summed E-state index contributed by atoms with van der Waals surface area (Å²) < 4.78 is 25.6. The van der Waals surface area contributed by atoms with Gasteiger partial charge in [-0.1, -0.05) is 30.4 Å². The molecule has 1 aromatic rings. The summed E-state index contributed by atoms with van der Waals surface area (Å²) in [6.45, 7) is 10.2. The van der Waals surface area contributed by atoms with Gasteiger partial charge < -0.3 is 0 Å². The molecule has 0 aromatic heterocycles. The molecule has 0 N–H and O–H groups in total. The third-order valence-corrected chi connectivity index (χ3v) is 4.26. The van der Waals surface area contributed by atoms with Gasteiger partial charge in [0.25, 0.3) is 15.9 Å². The molecule has 0 aliphatic rings. The van der Waals surface area contributed by atoms with Crippen LogP contribution in [0.15, 0.2) is 54.0 Å². The van der Waals surface area contributed by atoms with Gasteiger partial charge in [0.2, 0.25) is 0 Å². The third kappa shape index (κ3) is 3.32. The molecule has 0 bridgehead atoms. The van der Waals surface area contributed by atoms with E-state index in [-0.39, 0.29) is 17.0 Å². The zero-order valence-corrected chi connectivity index (χ0v) is 11.9. The third-order valence-electron chi connectivity index (χ3n) is 2.50. The van der Waals surface area contributed by atoms with Gasteiger partial charge in [-0.05, 0) is 26.0 Å². The van der Waals surface area contributed by atoms with E-state index >= 15 is 0 Å². The number of rotatable bonds is 5. The molecule has 1 amide bonds. The Labute approximate surface area is 114 Å². The van der Waals surface area contributed by atoms with Crippen LogP contribution in [0.1, 0.15) is 12.5 Å². The van der Waals surface area contributed by atoms with E-state index in [0.717, 1.165) is 9.87 Å². The van der Waals surface area contributed by atoms with Crippen molar-refractivity contribution >= 4 is 15.9 Å². The highest BCUT2D eigenvalue weighted by Gasteiger charge is 2.28. The second kappa shape index (κ2) is 5.84. The SMILES string of the molecule is C=CCN(C(=O)C(=C)C)S(=O)(=O)c1ccc(C)cc1. The van der Waals surface area contributed by atoms with Gasteiger partial charge in [-0.25, -0.2) is 12.7 Å². The predicted molar refractivity (Wildman–Crippen MR) is 75.1 cm³/mol. The second-order valence-electron chi connectivity index (χ2n) is 4.22. The van der Waals surface area contributed by atoms with Gasteiger partial charge in [0, 0.05) is 5.57 Å². The zero-order valence-electron chi connectivity index (χ0n) is 11.1. The highest BCUT2D eigenvalue weighted by molar-refractivity contribution is 7.89. The van der Waals surface area contributed by atoms with Gasteiger partial charge in [0.15, 0.2) is 0 Å². The summed E-state index contributed by atoms with van der Waals surface area (Å²) in [6.07, 6.45) is 1.37. The number of carbonyl (C=O) groups excluding carboxylic acids is 1. The molecule has 0 spiro atoms. The molecule has 0 unspecified atom stereocenters. The summed E-state index contributed by atoms with van der Waals surface area (Å²) >= 11 is 0. The fourth-order valence-electron chi connectivity index (χ4n) is 1.46. The minimum atomic E-state index is -3.87. The first-order valence-corrected chi connectivity index (χ1v) is 7.15. The monoisotopic (exact) mass is 279 g/mol. The summed E-state index contributed by atoms with van der Waals surface area (Å²) in [5.41, 5.74) is 1.11. The molecule has 0 aliphatic carbocycles. The van der Waals surface area contributed by atoms with Crippen LogP contribution in [-0.2, 0) is 14.8 Å². The average molecular weight is 279 g/mol. The lowest BCUT2D eigenvalue weighted by atomic mass is 10.2. The predicted octanol–water partition coefficient (Wildman–Crippen LogP) is 2.27. The summed E-state index contributed by atoms with van der Waals surface area (Å²) in [5.74, 6) is -0.625. The number of hydrogen-bond donors (Lipinski definition) is 0. The average Bonchev–Trinajstić information content (AvgIpc) is 2.35. The molecular formula is C14H17NO3S. The van der Waals surface area contributed by atoms with E-state index in [0.29, 0.717) is 0 Å². The number of benzene rings is 1. The van der Waals surface area contributed by atoms with Crippen LogP contribution in [0.4, 0.5) is 0 Å². The maximum Gasteiger partial charge on any atom is 0.267 e. The quantitative estimate of drug-likeness (QED) is 0.613. The largest absolute Gasteiger partial charge is 0.268 e. The minimum absolute atomic E-state index is 0.0783. The number of aryl methyl sites for hydroxylation is 1. The van der Waals surface area contributed by atoms with Crippen molar-refractivity contribution in [2.24, 2.45) is 0 Å². The number of carbonyl (C=O) groups is 1. The van der Waals surface area contributed by atoms with Gasteiger partial charge in [-0.2, -0.15) is 0 Å². The van der Waals surface area contributed by atoms with E-state index in [2.05, 4.69) is 13.2 Å². The van der Waals surface area contributed by atoms with Crippen LogP contribution in [0.5, 0.6) is 0 Å². The van der Waals surface area contributed by atoms with Gasteiger partial charge in [0.1, 0.15) is 0 Å². The van der Waals surface area contributed by atoms with E-state index in [9.17, 15) is 13.2 Å².